The van der Waals surface area contributed by atoms with Crippen LogP contribution in [0.4, 0.5) is 5.69 Å². The van der Waals surface area contributed by atoms with E-state index in [0.717, 1.165) is 4.47 Å². The summed E-state index contributed by atoms with van der Waals surface area (Å²) < 4.78 is 33.2. The van der Waals surface area contributed by atoms with Crippen molar-refractivity contribution in [3.63, 3.8) is 0 Å². The predicted molar refractivity (Wildman–Crippen MR) is 107 cm³/mol. The largest absolute Gasteiger partial charge is 0.497 e. The number of nitrogens with zero attached hydrogens (tertiary/aromatic N) is 1. The smallest absolute Gasteiger partial charge is 0.243 e. The molecule has 3 rings (SSSR count). The predicted octanol–water partition coefficient (Wildman–Crippen LogP) is 3.50. The van der Waals surface area contributed by atoms with Gasteiger partial charge < -0.3 is 10.1 Å². The molecule has 1 N–H and O–H groups in total. The molecule has 0 radical (unpaired) electrons. The molecule has 27 heavy (non-hydrogen) atoms. The van der Waals surface area contributed by atoms with Crippen LogP contribution in [0, 0.1) is 5.92 Å². The SMILES string of the molecule is COc1ccc(S(=O)(=O)N2CCC[C@@H](C(=O)Nc3ccc(Br)cc3)C2)cc1. The molecule has 0 saturated carbocycles. The first-order chi connectivity index (χ1) is 12.9. The first kappa shape index (κ1) is 19.9. The number of piperidine rings is 1. The van der Waals surface area contributed by atoms with Gasteiger partial charge in [-0.25, -0.2) is 8.42 Å². The highest BCUT2D eigenvalue weighted by Crippen LogP contribution is 2.26. The first-order valence-electron chi connectivity index (χ1n) is 8.61. The van der Waals surface area contributed by atoms with Gasteiger partial charge in [0.05, 0.1) is 17.9 Å². The monoisotopic (exact) mass is 452 g/mol. The summed E-state index contributed by atoms with van der Waals surface area (Å²) in [5, 5.41) is 2.87. The molecule has 0 bridgehead atoms. The van der Waals surface area contributed by atoms with Crippen LogP contribution in [0.3, 0.4) is 0 Å². The molecule has 0 aromatic heterocycles. The highest BCUT2D eigenvalue weighted by atomic mass is 79.9. The molecule has 2 aromatic rings. The summed E-state index contributed by atoms with van der Waals surface area (Å²) >= 11 is 3.36. The number of hydrogen-bond acceptors (Lipinski definition) is 4. The molecule has 0 spiro atoms. The van der Waals surface area contributed by atoms with E-state index in [1.54, 1.807) is 24.3 Å². The molecule has 8 heteroatoms. The molecular formula is C19H21BrN2O4S. The fraction of sp³-hybridized carbons (Fsp3) is 0.316. The maximum atomic E-state index is 12.9. The van der Waals surface area contributed by atoms with Crippen molar-refractivity contribution in [3.05, 3.63) is 53.0 Å². The Balaban J connectivity index is 1.70. The van der Waals surface area contributed by atoms with Gasteiger partial charge in [-0.1, -0.05) is 15.9 Å². The summed E-state index contributed by atoms with van der Waals surface area (Å²) in [7, 11) is -2.11. The second-order valence-electron chi connectivity index (χ2n) is 6.37. The van der Waals surface area contributed by atoms with Crippen LogP contribution in [-0.4, -0.2) is 38.8 Å². The van der Waals surface area contributed by atoms with Gasteiger partial charge >= 0.3 is 0 Å². The Morgan fingerprint density at radius 1 is 1.15 bits per heavy atom. The number of ether oxygens (including phenoxy) is 1. The molecule has 1 aliphatic heterocycles. The summed E-state index contributed by atoms with van der Waals surface area (Å²) in [5.41, 5.74) is 0.693. The summed E-state index contributed by atoms with van der Waals surface area (Å²) in [4.78, 5) is 12.8. The summed E-state index contributed by atoms with van der Waals surface area (Å²) in [6.45, 7) is 0.590. The Labute approximate surface area is 167 Å². The molecule has 1 aliphatic rings. The van der Waals surface area contributed by atoms with Crippen LogP contribution in [0.5, 0.6) is 5.75 Å². The third kappa shape index (κ3) is 4.69. The van der Waals surface area contributed by atoms with Gasteiger partial charge in [0.25, 0.3) is 0 Å². The molecule has 0 aliphatic carbocycles. The molecule has 6 nitrogen and oxygen atoms in total. The van der Waals surface area contributed by atoms with Crippen molar-refractivity contribution in [2.24, 2.45) is 5.92 Å². The van der Waals surface area contributed by atoms with Gasteiger partial charge in [-0.2, -0.15) is 4.31 Å². The van der Waals surface area contributed by atoms with Crippen molar-refractivity contribution < 1.29 is 17.9 Å². The number of amides is 1. The summed E-state index contributed by atoms with van der Waals surface area (Å²) in [6, 6.07) is 13.6. The van der Waals surface area contributed by atoms with Crippen molar-refractivity contribution in [2.75, 3.05) is 25.5 Å². The van der Waals surface area contributed by atoms with E-state index in [1.165, 1.54) is 23.5 Å². The summed E-state index contributed by atoms with van der Waals surface area (Å²) in [6.07, 6.45) is 1.31. The molecule has 1 amide bonds. The van der Waals surface area contributed by atoms with E-state index in [1.807, 2.05) is 12.1 Å². The Morgan fingerprint density at radius 3 is 2.44 bits per heavy atom. The van der Waals surface area contributed by atoms with Crippen LogP contribution in [0.25, 0.3) is 0 Å². The van der Waals surface area contributed by atoms with Crippen LogP contribution >= 0.6 is 15.9 Å². The highest BCUT2D eigenvalue weighted by molar-refractivity contribution is 9.10. The highest BCUT2D eigenvalue weighted by Gasteiger charge is 2.33. The van der Waals surface area contributed by atoms with E-state index in [0.29, 0.717) is 30.8 Å². The zero-order valence-electron chi connectivity index (χ0n) is 14.9. The van der Waals surface area contributed by atoms with Crippen LogP contribution in [-0.2, 0) is 14.8 Å². The Bertz CT molecular complexity index is 898. The fourth-order valence-electron chi connectivity index (χ4n) is 3.05. The van der Waals surface area contributed by atoms with Crippen LogP contribution in [0.2, 0.25) is 0 Å². The van der Waals surface area contributed by atoms with Gasteiger partial charge in [0.1, 0.15) is 5.75 Å². The molecule has 1 heterocycles. The normalized spacial score (nSPS) is 18.1. The Kier molecular flexibility index (Phi) is 6.18. The topological polar surface area (TPSA) is 75.7 Å². The lowest BCUT2D eigenvalue weighted by Gasteiger charge is -2.31. The minimum absolute atomic E-state index is 0.160. The molecular weight excluding hydrogens is 432 g/mol. The molecule has 144 valence electrons. The average Bonchev–Trinajstić information content (AvgIpc) is 2.70. The Hall–Kier alpha value is -1.90. The van der Waals surface area contributed by atoms with E-state index >= 15 is 0 Å². The van der Waals surface area contributed by atoms with E-state index < -0.39 is 10.0 Å². The van der Waals surface area contributed by atoms with Crippen LogP contribution in [0.1, 0.15) is 12.8 Å². The number of carbonyl (C=O) groups is 1. The van der Waals surface area contributed by atoms with E-state index in [-0.39, 0.29) is 23.3 Å². The zero-order valence-corrected chi connectivity index (χ0v) is 17.3. The number of halogens is 1. The lowest BCUT2D eigenvalue weighted by atomic mass is 9.99. The molecule has 1 fully saturated rings. The fourth-order valence-corrected chi connectivity index (χ4v) is 4.84. The van der Waals surface area contributed by atoms with Crippen molar-refractivity contribution in [2.45, 2.75) is 17.7 Å². The number of hydrogen-bond donors (Lipinski definition) is 1. The van der Waals surface area contributed by atoms with E-state index in [2.05, 4.69) is 21.2 Å². The van der Waals surface area contributed by atoms with Gasteiger partial charge in [-0.3, -0.25) is 4.79 Å². The first-order valence-corrected chi connectivity index (χ1v) is 10.8. The number of carbonyl (C=O) groups excluding carboxylic acids is 1. The number of benzene rings is 2. The molecule has 1 saturated heterocycles. The van der Waals surface area contributed by atoms with Crippen molar-refractivity contribution in [1.82, 2.24) is 4.31 Å². The zero-order chi connectivity index (χ0) is 19.4. The molecule has 0 unspecified atom stereocenters. The standard InChI is InChI=1S/C19H21BrN2O4S/c1-26-17-8-10-18(11-9-17)27(24,25)22-12-2-3-14(13-22)19(23)21-16-6-4-15(20)5-7-16/h4-11,14H,2-3,12-13H2,1H3,(H,21,23)/t14-/m1/s1. The maximum absolute atomic E-state index is 12.9. The second-order valence-corrected chi connectivity index (χ2v) is 9.23. The van der Waals surface area contributed by atoms with E-state index in [4.69, 9.17) is 4.74 Å². The van der Waals surface area contributed by atoms with Crippen molar-refractivity contribution >= 4 is 37.5 Å². The average molecular weight is 453 g/mol. The Morgan fingerprint density at radius 2 is 1.81 bits per heavy atom. The minimum atomic E-state index is -3.64. The molecule has 2 aromatic carbocycles. The lowest BCUT2D eigenvalue weighted by molar-refractivity contribution is -0.120. The third-order valence-corrected chi connectivity index (χ3v) is 6.97. The van der Waals surface area contributed by atoms with Gasteiger partial charge in [0.2, 0.25) is 15.9 Å². The lowest BCUT2D eigenvalue weighted by Crippen LogP contribution is -2.43. The molecule has 1 atom stereocenters. The van der Waals surface area contributed by atoms with Gasteiger partial charge in [-0.05, 0) is 61.4 Å². The number of nitrogens with one attached hydrogen (secondary N) is 1. The second kappa shape index (κ2) is 8.41. The van der Waals surface area contributed by atoms with Gasteiger partial charge in [-0.15, -0.1) is 0 Å². The third-order valence-electron chi connectivity index (χ3n) is 4.56. The quantitative estimate of drug-likeness (QED) is 0.752. The minimum Gasteiger partial charge on any atom is -0.497 e. The summed E-state index contributed by atoms with van der Waals surface area (Å²) in [5.74, 6) is 0.0571. The van der Waals surface area contributed by atoms with Crippen molar-refractivity contribution in [1.29, 1.82) is 0 Å². The van der Waals surface area contributed by atoms with Crippen LogP contribution < -0.4 is 10.1 Å². The number of rotatable bonds is 5. The van der Waals surface area contributed by atoms with Crippen molar-refractivity contribution in [3.8, 4) is 5.75 Å². The van der Waals surface area contributed by atoms with Gasteiger partial charge in [0, 0.05) is 23.2 Å². The van der Waals surface area contributed by atoms with E-state index in [9.17, 15) is 13.2 Å². The maximum Gasteiger partial charge on any atom is 0.243 e. The number of anilines is 1. The number of sulfonamides is 1. The number of methoxy groups -OCH3 is 1. The van der Waals surface area contributed by atoms with Gasteiger partial charge in [0.15, 0.2) is 0 Å². The van der Waals surface area contributed by atoms with Crippen LogP contribution in [0.15, 0.2) is 57.9 Å².